The maximum Gasteiger partial charge on any atom is 0.222 e. The number of guanidine groups is 1. The van der Waals surface area contributed by atoms with Crippen molar-refractivity contribution in [2.75, 3.05) is 13.6 Å². The van der Waals surface area contributed by atoms with E-state index in [-0.39, 0.29) is 29.9 Å². The Labute approximate surface area is 182 Å². The molecule has 0 saturated carbocycles. The minimum Gasteiger partial charge on any atom is -0.352 e. The highest BCUT2D eigenvalue weighted by Gasteiger charge is 2.19. The lowest BCUT2D eigenvalue weighted by atomic mass is 10.1. The van der Waals surface area contributed by atoms with Gasteiger partial charge in [-0.25, -0.2) is 0 Å². The first-order valence-electron chi connectivity index (χ1n) is 8.99. The molecule has 1 fully saturated rings. The van der Waals surface area contributed by atoms with Gasteiger partial charge in [-0.15, -0.1) is 35.3 Å². The quantitative estimate of drug-likeness (QED) is 0.363. The third-order valence-corrected chi connectivity index (χ3v) is 5.48. The summed E-state index contributed by atoms with van der Waals surface area (Å²) in [5.74, 6) is 1.06. The predicted molar refractivity (Wildman–Crippen MR) is 123 cm³/mol. The molecular weight excluding hydrogens is 471 g/mol. The molecule has 0 radical (unpaired) electrons. The van der Waals surface area contributed by atoms with Gasteiger partial charge in [-0.1, -0.05) is 24.3 Å². The summed E-state index contributed by atoms with van der Waals surface area (Å²) in [6.45, 7) is 5.21. The van der Waals surface area contributed by atoms with Crippen LogP contribution in [0.1, 0.15) is 33.7 Å². The van der Waals surface area contributed by atoms with Crippen molar-refractivity contribution in [3.8, 4) is 0 Å². The van der Waals surface area contributed by atoms with E-state index in [1.807, 2.05) is 4.90 Å². The van der Waals surface area contributed by atoms with Crippen LogP contribution in [0.5, 0.6) is 0 Å². The summed E-state index contributed by atoms with van der Waals surface area (Å²) in [5.41, 5.74) is 2.37. The van der Waals surface area contributed by atoms with E-state index < -0.39 is 0 Å². The highest BCUT2D eigenvalue weighted by molar-refractivity contribution is 14.0. The SMILES string of the molecule is CN=C(NCc1ccc(CN2CCCC2=O)cc1)NCc1ccc(C)s1.I. The van der Waals surface area contributed by atoms with Crippen LogP contribution in [-0.4, -0.2) is 30.4 Å². The summed E-state index contributed by atoms with van der Waals surface area (Å²) in [6, 6.07) is 12.7. The largest absolute Gasteiger partial charge is 0.352 e. The standard InChI is InChI=1S/C20H26N4OS.HI/c1-15-5-10-18(26-15)13-23-20(21-2)22-12-16-6-8-17(9-7-16)14-24-11-3-4-19(24)25;/h5-10H,3-4,11-14H2,1-2H3,(H2,21,22,23);1H. The molecule has 1 aliphatic heterocycles. The van der Waals surface area contributed by atoms with Crippen molar-refractivity contribution in [2.45, 2.75) is 39.4 Å². The van der Waals surface area contributed by atoms with Crippen molar-refractivity contribution < 1.29 is 4.79 Å². The Hall–Kier alpha value is -1.61. The fourth-order valence-corrected chi connectivity index (χ4v) is 3.84. The molecule has 1 aromatic carbocycles. The molecule has 2 heterocycles. The van der Waals surface area contributed by atoms with E-state index in [4.69, 9.17) is 0 Å². The number of rotatable bonds is 6. The number of likely N-dealkylation sites (tertiary alicyclic amines) is 1. The van der Waals surface area contributed by atoms with Gasteiger partial charge < -0.3 is 15.5 Å². The minimum absolute atomic E-state index is 0. The van der Waals surface area contributed by atoms with E-state index in [9.17, 15) is 4.79 Å². The van der Waals surface area contributed by atoms with Gasteiger partial charge in [0.2, 0.25) is 5.91 Å². The molecule has 0 bridgehead atoms. The first-order chi connectivity index (χ1) is 12.6. The lowest BCUT2D eigenvalue weighted by molar-refractivity contribution is -0.128. The number of amides is 1. The van der Waals surface area contributed by atoms with Crippen LogP contribution in [-0.2, 0) is 24.4 Å². The topological polar surface area (TPSA) is 56.7 Å². The zero-order valence-electron chi connectivity index (χ0n) is 15.8. The van der Waals surface area contributed by atoms with E-state index in [2.05, 4.69) is 58.9 Å². The number of halogens is 1. The summed E-state index contributed by atoms with van der Waals surface area (Å²) in [7, 11) is 1.78. The molecule has 2 aromatic rings. The normalized spacial score (nSPS) is 14.2. The van der Waals surface area contributed by atoms with Crippen LogP contribution in [0.3, 0.4) is 0 Å². The first kappa shape index (κ1) is 21.7. The number of carbonyl (C=O) groups excluding carboxylic acids is 1. The number of aryl methyl sites for hydroxylation is 1. The molecule has 3 rings (SSSR count). The number of carbonyl (C=O) groups is 1. The lowest BCUT2D eigenvalue weighted by Gasteiger charge is -2.16. The Morgan fingerprint density at radius 2 is 1.81 bits per heavy atom. The Bertz CT molecular complexity index is 773. The van der Waals surface area contributed by atoms with Gasteiger partial charge in [-0.2, -0.15) is 0 Å². The summed E-state index contributed by atoms with van der Waals surface area (Å²) < 4.78 is 0. The van der Waals surface area contributed by atoms with Gasteiger partial charge in [-0.3, -0.25) is 9.79 Å². The van der Waals surface area contributed by atoms with E-state index in [0.717, 1.165) is 32.0 Å². The molecule has 1 aliphatic rings. The fraction of sp³-hybridized carbons (Fsp3) is 0.400. The Morgan fingerprint density at radius 3 is 2.41 bits per heavy atom. The van der Waals surface area contributed by atoms with Crippen LogP contribution >= 0.6 is 35.3 Å². The smallest absolute Gasteiger partial charge is 0.222 e. The number of nitrogens with zero attached hydrogens (tertiary/aromatic N) is 2. The zero-order chi connectivity index (χ0) is 18.4. The number of nitrogens with one attached hydrogen (secondary N) is 2. The second-order valence-corrected chi connectivity index (χ2v) is 7.90. The number of hydrogen-bond acceptors (Lipinski definition) is 3. The first-order valence-corrected chi connectivity index (χ1v) is 9.81. The average molecular weight is 498 g/mol. The van der Waals surface area contributed by atoms with Crippen LogP contribution < -0.4 is 10.6 Å². The van der Waals surface area contributed by atoms with Gasteiger partial charge in [0, 0.05) is 42.9 Å². The van der Waals surface area contributed by atoms with Gasteiger partial charge in [-0.05, 0) is 36.6 Å². The molecule has 27 heavy (non-hydrogen) atoms. The van der Waals surface area contributed by atoms with E-state index >= 15 is 0 Å². The molecule has 1 aromatic heterocycles. The van der Waals surface area contributed by atoms with Gasteiger partial charge in [0.15, 0.2) is 5.96 Å². The number of benzene rings is 1. The molecule has 146 valence electrons. The molecule has 1 amide bonds. The van der Waals surface area contributed by atoms with Crippen LogP contribution in [0.15, 0.2) is 41.4 Å². The summed E-state index contributed by atoms with van der Waals surface area (Å²) in [6.07, 6.45) is 1.68. The van der Waals surface area contributed by atoms with Crippen molar-refractivity contribution in [3.05, 3.63) is 57.3 Å². The number of aliphatic imine (C=N–C) groups is 1. The third kappa shape index (κ3) is 6.49. The molecule has 0 aliphatic carbocycles. The summed E-state index contributed by atoms with van der Waals surface area (Å²) >= 11 is 1.80. The summed E-state index contributed by atoms with van der Waals surface area (Å²) in [5, 5.41) is 6.68. The van der Waals surface area contributed by atoms with Crippen molar-refractivity contribution in [2.24, 2.45) is 4.99 Å². The van der Waals surface area contributed by atoms with Gasteiger partial charge in [0.05, 0.1) is 6.54 Å². The molecule has 2 N–H and O–H groups in total. The molecule has 1 saturated heterocycles. The van der Waals surface area contributed by atoms with Crippen molar-refractivity contribution in [1.82, 2.24) is 15.5 Å². The summed E-state index contributed by atoms with van der Waals surface area (Å²) in [4.78, 5) is 20.5. The minimum atomic E-state index is 0. The van der Waals surface area contributed by atoms with E-state index in [1.54, 1.807) is 18.4 Å². The number of thiophene rings is 1. The second-order valence-electron chi connectivity index (χ2n) is 6.53. The Morgan fingerprint density at radius 1 is 1.11 bits per heavy atom. The Kier molecular flexibility index (Phi) is 8.56. The van der Waals surface area contributed by atoms with Crippen LogP contribution in [0.25, 0.3) is 0 Å². The highest BCUT2D eigenvalue weighted by Crippen LogP contribution is 2.15. The van der Waals surface area contributed by atoms with E-state index in [1.165, 1.54) is 20.9 Å². The van der Waals surface area contributed by atoms with Crippen molar-refractivity contribution in [1.29, 1.82) is 0 Å². The maximum atomic E-state index is 11.7. The average Bonchev–Trinajstić information content (AvgIpc) is 3.25. The Balaban J connectivity index is 0.00000261. The van der Waals surface area contributed by atoms with Crippen LogP contribution in [0.2, 0.25) is 0 Å². The molecule has 0 unspecified atom stereocenters. The molecule has 5 nitrogen and oxygen atoms in total. The zero-order valence-corrected chi connectivity index (χ0v) is 19.0. The van der Waals surface area contributed by atoms with Gasteiger partial charge >= 0.3 is 0 Å². The van der Waals surface area contributed by atoms with E-state index in [0.29, 0.717) is 13.0 Å². The lowest BCUT2D eigenvalue weighted by Crippen LogP contribution is -2.36. The number of hydrogen-bond donors (Lipinski definition) is 2. The molecule has 0 atom stereocenters. The van der Waals surface area contributed by atoms with Crippen LogP contribution in [0, 0.1) is 6.92 Å². The van der Waals surface area contributed by atoms with Crippen molar-refractivity contribution in [3.63, 3.8) is 0 Å². The monoisotopic (exact) mass is 498 g/mol. The molecule has 7 heteroatoms. The van der Waals surface area contributed by atoms with Gasteiger partial charge in [0.1, 0.15) is 0 Å². The highest BCUT2D eigenvalue weighted by atomic mass is 127. The maximum absolute atomic E-state index is 11.7. The van der Waals surface area contributed by atoms with Crippen LogP contribution in [0.4, 0.5) is 0 Å². The second kappa shape index (κ2) is 10.7. The molecular formula is C20H27IN4OS. The third-order valence-electron chi connectivity index (χ3n) is 4.48. The van der Waals surface area contributed by atoms with Gasteiger partial charge in [0.25, 0.3) is 0 Å². The predicted octanol–water partition coefficient (Wildman–Crippen LogP) is 3.66. The fourth-order valence-electron chi connectivity index (χ4n) is 3.01. The van der Waals surface area contributed by atoms with Crippen molar-refractivity contribution >= 4 is 47.2 Å². The molecule has 0 spiro atoms.